The fourth-order valence-corrected chi connectivity index (χ4v) is 2.92. The molecule has 0 aliphatic carbocycles. The highest BCUT2D eigenvalue weighted by molar-refractivity contribution is 6.35. The van der Waals surface area contributed by atoms with Crippen LogP contribution >= 0.6 is 23.2 Å². The van der Waals surface area contributed by atoms with Gasteiger partial charge in [0.2, 0.25) is 5.89 Å². The van der Waals surface area contributed by atoms with Gasteiger partial charge in [0.25, 0.3) is 5.91 Å². The van der Waals surface area contributed by atoms with E-state index >= 15 is 0 Å². The summed E-state index contributed by atoms with van der Waals surface area (Å²) in [5.41, 5.74) is 8.13. The van der Waals surface area contributed by atoms with E-state index in [9.17, 15) is 4.79 Å². The van der Waals surface area contributed by atoms with Gasteiger partial charge in [-0.3, -0.25) is 4.79 Å². The minimum absolute atomic E-state index is 0.175. The van der Waals surface area contributed by atoms with Crippen molar-refractivity contribution in [3.63, 3.8) is 0 Å². The van der Waals surface area contributed by atoms with Gasteiger partial charge < -0.3 is 15.5 Å². The summed E-state index contributed by atoms with van der Waals surface area (Å²) in [5.74, 6) is -0.0403. The Morgan fingerprint density at radius 1 is 1.19 bits per heavy atom. The summed E-state index contributed by atoms with van der Waals surface area (Å²) >= 11 is 12.0. The number of hydrogen-bond donors (Lipinski definition) is 2. The molecule has 7 heteroatoms. The number of halogens is 2. The molecule has 3 N–H and O–H groups in total. The zero-order chi connectivity index (χ0) is 18.5. The Kier molecular flexibility index (Phi) is 5.93. The van der Waals surface area contributed by atoms with Gasteiger partial charge in [-0.1, -0.05) is 59.6 Å². The maximum Gasteiger partial charge on any atom is 0.273 e. The van der Waals surface area contributed by atoms with Gasteiger partial charge in [0, 0.05) is 16.6 Å². The number of benzene rings is 2. The van der Waals surface area contributed by atoms with Gasteiger partial charge in [-0.25, -0.2) is 4.98 Å². The van der Waals surface area contributed by atoms with E-state index in [1.807, 2.05) is 30.3 Å². The average Bonchev–Trinajstić information content (AvgIpc) is 3.12. The average molecular weight is 390 g/mol. The third-order valence-electron chi connectivity index (χ3n) is 3.82. The Morgan fingerprint density at radius 3 is 2.69 bits per heavy atom. The summed E-state index contributed by atoms with van der Waals surface area (Å²) in [6, 6.07) is 14.5. The molecule has 0 spiro atoms. The molecule has 26 heavy (non-hydrogen) atoms. The molecule has 0 saturated heterocycles. The summed E-state index contributed by atoms with van der Waals surface area (Å²) < 4.78 is 5.37. The van der Waals surface area contributed by atoms with E-state index < -0.39 is 6.04 Å². The second-order valence-electron chi connectivity index (χ2n) is 5.79. The van der Waals surface area contributed by atoms with Crippen LogP contribution in [-0.4, -0.2) is 10.9 Å². The van der Waals surface area contributed by atoms with E-state index in [1.54, 1.807) is 18.2 Å². The van der Waals surface area contributed by atoms with Gasteiger partial charge in [-0.05, 0) is 29.7 Å². The smallest absolute Gasteiger partial charge is 0.273 e. The van der Waals surface area contributed by atoms with Crippen molar-refractivity contribution in [3.05, 3.63) is 87.6 Å². The summed E-state index contributed by atoms with van der Waals surface area (Å²) in [6.45, 7) is 0.257. The monoisotopic (exact) mass is 389 g/mol. The molecule has 0 saturated carbocycles. The standard InChI is InChI=1S/C19H17Cl2N3O2/c20-14-7-6-13(15(21)9-14)10-23-18(25)17-11-26-19(24-17)16(22)8-12-4-2-1-3-5-12/h1-7,9,11,16H,8,10,22H2,(H,23,25). The van der Waals surface area contributed by atoms with E-state index in [1.165, 1.54) is 6.26 Å². The van der Waals surface area contributed by atoms with Crippen LogP contribution < -0.4 is 11.1 Å². The quantitative estimate of drug-likeness (QED) is 0.663. The number of carbonyl (C=O) groups excluding carboxylic acids is 1. The summed E-state index contributed by atoms with van der Waals surface area (Å²) in [5, 5.41) is 3.78. The normalized spacial score (nSPS) is 12.0. The SMILES string of the molecule is NC(Cc1ccccc1)c1nc(C(=O)NCc2ccc(Cl)cc2Cl)co1. The predicted octanol–water partition coefficient (Wildman–Crippen LogP) is 4.15. The Hall–Kier alpha value is -2.34. The van der Waals surface area contributed by atoms with Crippen LogP contribution in [0.1, 0.15) is 33.5 Å². The Bertz CT molecular complexity index is 897. The third-order valence-corrected chi connectivity index (χ3v) is 4.41. The van der Waals surface area contributed by atoms with E-state index in [2.05, 4.69) is 10.3 Å². The van der Waals surface area contributed by atoms with Gasteiger partial charge in [0.05, 0.1) is 6.04 Å². The number of carbonyl (C=O) groups is 1. The number of nitrogens with one attached hydrogen (secondary N) is 1. The molecular formula is C19H17Cl2N3O2. The number of hydrogen-bond acceptors (Lipinski definition) is 4. The second-order valence-corrected chi connectivity index (χ2v) is 6.63. The molecule has 134 valence electrons. The number of nitrogens with two attached hydrogens (primary N) is 1. The van der Waals surface area contributed by atoms with Gasteiger partial charge in [-0.15, -0.1) is 0 Å². The molecule has 1 unspecified atom stereocenters. The van der Waals surface area contributed by atoms with Crippen molar-refractivity contribution in [2.24, 2.45) is 5.73 Å². The van der Waals surface area contributed by atoms with Crippen molar-refractivity contribution in [2.45, 2.75) is 19.0 Å². The van der Waals surface area contributed by atoms with Crippen LogP contribution in [0.5, 0.6) is 0 Å². The summed E-state index contributed by atoms with van der Waals surface area (Å²) in [7, 11) is 0. The van der Waals surface area contributed by atoms with E-state index in [0.29, 0.717) is 22.4 Å². The number of amides is 1. The second kappa shape index (κ2) is 8.36. The first-order valence-electron chi connectivity index (χ1n) is 8.00. The van der Waals surface area contributed by atoms with Crippen LogP contribution in [0.4, 0.5) is 0 Å². The minimum atomic E-state index is -0.426. The van der Waals surface area contributed by atoms with Crippen molar-refractivity contribution in [1.29, 1.82) is 0 Å². The fraction of sp³-hybridized carbons (Fsp3) is 0.158. The Balaban J connectivity index is 1.60. The molecule has 0 aliphatic heterocycles. The highest BCUT2D eigenvalue weighted by Crippen LogP contribution is 2.21. The molecule has 2 aromatic carbocycles. The summed E-state index contributed by atoms with van der Waals surface area (Å²) in [6.07, 6.45) is 1.88. The minimum Gasteiger partial charge on any atom is -0.446 e. The highest BCUT2D eigenvalue weighted by Gasteiger charge is 2.17. The van der Waals surface area contributed by atoms with Crippen molar-refractivity contribution >= 4 is 29.1 Å². The molecule has 0 radical (unpaired) electrons. The molecule has 1 atom stereocenters. The van der Waals surface area contributed by atoms with Crippen LogP contribution in [0.3, 0.4) is 0 Å². The van der Waals surface area contributed by atoms with E-state index in [0.717, 1.165) is 11.1 Å². The molecule has 1 aromatic heterocycles. The van der Waals surface area contributed by atoms with Crippen LogP contribution in [0.15, 0.2) is 59.2 Å². The molecule has 1 amide bonds. The Morgan fingerprint density at radius 2 is 1.96 bits per heavy atom. The highest BCUT2D eigenvalue weighted by atomic mass is 35.5. The van der Waals surface area contributed by atoms with Crippen molar-refractivity contribution in [3.8, 4) is 0 Å². The van der Waals surface area contributed by atoms with Crippen LogP contribution in [0, 0.1) is 0 Å². The maximum absolute atomic E-state index is 12.2. The zero-order valence-corrected chi connectivity index (χ0v) is 15.3. The van der Waals surface area contributed by atoms with E-state index in [-0.39, 0.29) is 18.1 Å². The lowest BCUT2D eigenvalue weighted by Crippen LogP contribution is -2.23. The first-order valence-corrected chi connectivity index (χ1v) is 8.75. The molecule has 1 heterocycles. The fourth-order valence-electron chi connectivity index (χ4n) is 2.45. The third kappa shape index (κ3) is 4.64. The topological polar surface area (TPSA) is 81.1 Å². The molecule has 0 aliphatic rings. The molecule has 0 bridgehead atoms. The molecule has 0 fully saturated rings. The van der Waals surface area contributed by atoms with Crippen molar-refractivity contribution in [1.82, 2.24) is 10.3 Å². The molecule has 5 nitrogen and oxygen atoms in total. The van der Waals surface area contributed by atoms with Crippen LogP contribution in [-0.2, 0) is 13.0 Å². The molecule has 3 rings (SSSR count). The summed E-state index contributed by atoms with van der Waals surface area (Å²) in [4.78, 5) is 16.4. The number of oxazole rings is 1. The largest absolute Gasteiger partial charge is 0.446 e. The predicted molar refractivity (Wildman–Crippen MR) is 101 cm³/mol. The van der Waals surface area contributed by atoms with Gasteiger partial charge in [0.15, 0.2) is 5.69 Å². The van der Waals surface area contributed by atoms with Gasteiger partial charge in [-0.2, -0.15) is 0 Å². The number of nitrogens with zero attached hydrogens (tertiary/aromatic N) is 1. The first-order chi connectivity index (χ1) is 12.5. The van der Waals surface area contributed by atoms with E-state index in [4.69, 9.17) is 33.4 Å². The van der Waals surface area contributed by atoms with Crippen molar-refractivity contribution < 1.29 is 9.21 Å². The van der Waals surface area contributed by atoms with Crippen LogP contribution in [0.25, 0.3) is 0 Å². The lowest BCUT2D eigenvalue weighted by Gasteiger charge is -2.07. The number of rotatable bonds is 6. The maximum atomic E-state index is 12.2. The zero-order valence-electron chi connectivity index (χ0n) is 13.8. The lowest BCUT2D eigenvalue weighted by atomic mass is 10.1. The Labute approximate surface area is 161 Å². The molecular weight excluding hydrogens is 373 g/mol. The lowest BCUT2D eigenvalue weighted by molar-refractivity contribution is 0.0946. The van der Waals surface area contributed by atoms with Crippen LogP contribution in [0.2, 0.25) is 10.0 Å². The van der Waals surface area contributed by atoms with Crippen molar-refractivity contribution in [2.75, 3.05) is 0 Å². The number of aromatic nitrogens is 1. The first kappa shape index (κ1) is 18.5. The van der Waals surface area contributed by atoms with Gasteiger partial charge >= 0.3 is 0 Å². The molecule has 3 aromatic rings. The van der Waals surface area contributed by atoms with Gasteiger partial charge in [0.1, 0.15) is 6.26 Å².